The normalized spacial score (nSPS) is 11.8. The van der Waals surface area contributed by atoms with Crippen molar-refractivity contribution in [3.8, 4) is 0 Å². The predicted octanol–water partition coefficient (Wildman–Crippen LogP) is 3.53. The van der Waals surface area contributed by atoms with Crippen molar-refractivity contribution in [1.82, 2.24) is 24.9 Å². The lowest BCUT2D eigenvalue weighted by atomic mass is 9.83. The van der Waals surface area contributed by atoms with Crippen molar-refractivity contribution in [3.05, 3.63) is 51.3 Å². The Morgan fingerprint density at radius 2 is 1.68 bits per heavy atom. The topological polar surface area (TPSA) is 98.2 Å². The number of hydrogen-bond acceptors (Lipinski definition) is 5. The van der Waals surface area contributed by atoms with Crippen molar-refractivity contribution in [2.24, 2.45) is 0 Å². The number of nitrogens with zero attached hydrogens (tertiary/aromatic N) is 4. The lowest BCUT2D eigenvalue weighted by molar-refractivity contribution is -0.121. The highest BCUT2D eigenvalue weighted by Gasteiger charge is 2.17. The van der Waals surface area contributed by atoms with E-state index in [2.05, 4.69) is 67.1 Å². The van der Waals surface area contributed by atoms with E-state index >= 15 is 0 Å². The third-order valence-electron chi connectivity index (χ3n) is 5.93. The molecular weight excluding hydrogens is 388 g/mol. The predicted molar refractivity (Wildman–Crippen MR) is 124 cm³/mol. The molecule has 1 aromatic carbocycles. The SMILES string of the molecule is Cc1cc(C(C)(C)C)cc(C)c1CCNC(=O)CCc1c(C)nc2nc(N)nn2c1C. The molecule has 0 atom stereocenters. The van der Waals surface area contributed by atoms with E-state index in [9.17, 15) is 4.79 Å². The number of carbonyl (C=O) groups excluding carboxylic acids is 1. The molecule has 0 radical (unpaired) electrons. The number of nitrogen functional groups attached to an aromatic ring is 1. The summed E-state index contributed by atoms with van der Waals surface area (Å²) < 4.78 is 1.64. The average molecular weight is 423 g/mol. The molecule has 0 saturated heterocycles. The summed E-state index contributed by atoms with van der Waals surface area (Å²) in [5.41, 5.74) is 13.9. The molecule has 1 amide bonds. The van der Waals surface area contributed by atoms with E-state index in [1.165, 1.54) is 22.3 Å². The second-order valence-corrected chi connectivity index (χ2v) is 9.38. The van der Waals surface area contributed by atoms with Crippen LogP contribution in [0.1, 0.15) is 66.4 Å². The lowest BCUT2D eigenvalue weighted by Gasteiger charge is -2.22. The third kappa shape index (κ3) is 5.03. The van der Waals surface area contributed by atoms with E-state index in [-0.39, 0.29) is 17.3 Å². The van der Waals surface area contributed by atoms with Gasteiger partial charge in [0, 0.05) is 24.4 Å². The summed E-state index contributed by atoms with van der Waals surface area (Å²) in [4.78, 5) is 21.0. The van der Waals surface area contributed by atoms with Crippen LogP contribution in [0.3, 0.4) is 0 Å². The fourth-order valence-corrected chi connectivity index (χ4v) is 4.06. The Balaban J connectivity index is 1.59. The second-order valence-electron chi connectivity index (χ2n) is 9.38. The Hall–Kier alpha value is -2.96. The maximum Gasteiger partial charge on any atom is 0.254 e. The minimum Gasteiger partial charge on any atom is -0.366 e. The first-order valence-corrected chi connectivity index (χ1v) is 10.8. The summed E-state index contributed by atoms with van der Waals surface area (Å²) in [7, 11) is 0. The van der Waals surface area contributed by atoms with E-state index < -0.39 is 0 Å². The molecule has 0 spiro atoms. The molecule has 0 bridgehead atoms. The molecule has 2 aromatic heterocycles. The largest absolute Gasteiger partial charge is 0.366 e. The Kier molecular flexibility index (Phi) is 6.34. The van der Waals surface area contributed by atoms with Gasteiger partial charge in [-0.05, 0) is 73.8 Å². The van der Waals surface area contributed by atoms with E-state index in [0.29, 0.717) is 25.2 Å². The fourth-order valence-electron chi connectivity index (χ4n) is 4.06. The van der Waals surface area contributed by atoms with Crippen LogP contribution in [0.15, 0.2) is 12.1 Å². The smallest absolute Gasteiger partial charge is 0.254 e. The van der Waals surface area contributed by atoms with E-state index in [4.69, 9.17) is 5.73 Å². The molecule has 0 unspecified atom stereocenters. The van der Waals surface area contributed by atoms with Crippen LogP contribution in [0, 0.1) is 27.7 Å². The summed E-state index contributed by atoms with van der Waals surface area (Å²) in [6, 6.07) is 4.55. The molecule has 0 aliphatic heterocycles. The number of anilines is 1. The van der Waals surface area contributed by atoms with Gasteiger partial charge in [-0.2, -0.15) is 9.50 Å². The molecule has 0 saturated carbocycles. The number of aromatic nitrogens is 4. The van der Waals surface area contributed by atoms with Crippen LogP contribution < -0.4 is 11.1 Å². The standard InChI is InChI=1S/C24H34N6O/c1-14-12-18(24(5,6)7)13-15(2)19(14)10-11-26-21(31)9-8-20-16(3)27-23-28-22(25)29-30(23)17(20)4/h12-13H,8-11H2,1-7H3,(H2,25,29)(H,26,31). The number of amides is 1. The van der Waals surface area contributed by atoms with Crippen LogP contribution in [-0.4, -0.2) is 32.0 Å². The fraction of sp³-hybridized carbons (Fsp3) is 0.500. The van der Waals surface area contributed by atoms with Gasteiger partial charge >= 0.3 is 0 Å². The van der Waals surface area contributed by atoms with Gasteiger partial charge in [0.05, 0.1) is 0 Å². The average Bonchev–Trinajstić information content (AvgIpc) is 3.03. The van der Waals surface area contributed by atoms with Gasteiger partial charge in [0.15, 0.2) is 0 Å². The van der Waals surface area contributed by atoms with Gasteiger partial charge in [-0.15, -0.1) is 5.10 Å². The highest BCUT2D eigenvalue weighted by atomic mass is 16.1. The first-order chi connectivity index (χ1) is 14.5. The number of rotatable bonds is 6. The molecule has 3 aromatic rings. The minimum atomic E-state index is 0.0404. The Bertz CT molecular complexity index is 1100. The number of aryl methyl sites for hydroxylation is 4. The molecule has 7 heteroatoms. The molecule has 2 heterocycles. The van der Waals surface area contributed by atoms with Crippen molar-refractivity contribution in [1.29, 1.82) is 0 Å². The van der Waals surface area contributed by atoms with Gasteiger partial charge in [0.25, 0.3) is 5.78 Å². The number of hydrogen-bond donors (Lipinski definition) is 2. The van der Waals surface area contributed by atoms with Crippen LogP contribution in [0.25, 0.3) is 5.78 Å². The van der Waals surface area contributed by atoms with Gasteiger partial charge in [0.1, 0.15) is 0 Å². The van der Waals surface area contributed by atoms with E-state index in [1.54, 1.807) is 4.52 Å². The molecule has 3 rings (SSSR count). The van der Waals surface area contributed by atoms with Gasteiger partial charge in [-0.25, -0.2) is 4.98 Å². The minimum absolute atomic E-state index is 0.0404. The Morgan fingerprint density at radius 3 is 2.29 bits per heavy atom. The Labute approximate surface area is 184 Å². The molecule has 7 nitrogen and oxygen atoms in total. The van der Waals surface area contributed by atoms with E-state index in [1.807, 2.05) is 13.8 Å². The second kappa shape index (κ2) is 8.65. The van der Waals surface area contributed by atoms with Crippen molar-refractivity contribution in [3.63, 3.8) is 0 Å². The highest BCUT2D eigenvalue weighted by molar-refractivity contribution is 5.76. The first-order valence-electron chi connectivity index (χ1n) is 10.8. The van der Waals surface area contributed by atoms with Crippen molar-refractivity contribution >= 4 is 17.6 Å². The van der Waals surface area contributed by atoms with Crippen LogP contribution in [0.4, 0.5) is 5.95 Å². The zero-order valence-corrected chi connectivity index (χ0v) is 19.8. The zero-order chi connectivity index (χ0) is 22.9. The van der Waals surface area contributed by atoms with Crippen molar-refractivity contribution in [2.45, 2.75) is 73.1 Å². The van der Waals surface area contributed by atoms with Gasteiger partial charge in [-0.3, -0.25) is 4.79 Å². The first kappa shape index (κ1) is 22.7. The summed E-state index contributed by atoms with van der Waals surface area (Å²) in [6.45, 7) is 15.5. The molecule has 0 aliphatic carbocycles. The summed E-state index contributed by atoms with van der Waals surface area (Å²) in [6.07, 6.45) is 1.84. The number of carbonyl (C=O) groups is 1. The monoisotopic (exact) mass is 422 g/mol. The molecular formula is C24H34N6O. The third-order valence-corrected chi connectivity index (χ3v) is 5.93. The van der Waals surface area contributed by atoms with Crippen molar-refractivity contribution < 1.29 is 4.79 Å². The van der Waals surface area contributed by atoms with Crippen LogP contribution in [-0.2, 0) is 23.1 Å². The number of fused-ring (bicyclic) bond motifs is 1. The highest BCUT2D eigenvalue weighted by Crippen LogP contribution is 2.27. The summed E-state index contributed by atoms with van der Waals surface area (Å²) >= 11 is 0. The molecule has 3 N–H and O–H groups in total. The maximum atomic E-state index is 12.5. The number of nitrogens with one attached hydrogen (secondary N) is 1. The van der Waals surface area contributed by atoms with Gasteiger partial charge in [0.2, 0.25) is 11.9 Å². The molecule has 166 valence electrons. The summed E-state index contributed by atoms with van der Waals surface area (Å²) in [5, 5.41) is 7.25. The van der Waals surface area contributed by atoms with E-state index in [0.717, 1.165) is 23.4 Å². The number of nitrogens with two attached hydrogens (primary N) is 1. The Morgan fingerprint density at radius 1 is 1.03 bits per heavy atom. The van der Waals surface area contributed by atoms with Crippen LogP contribution in [0.2, 0.25) is 0 Å². The van der Waals surface area contributed by atoms with Gasteiger partial charge in [-0.1, -0.05) is 32.9 Å². The molecule has 0 fully saturated rings. The summed E-state index contributed by atoms with van der Waals surface area (Å²) in [5.74, 6) is 0.730. The lowest BCUT2D eigenvalue weighted by Crippen LogP contribution is -2.26. The van der Waals surface area contributed by atoms with Crippen molar-refractivity contribution in [2.75, 3.05) is 12.3 Å². The maximum absolute atomic E-state index is 12.5. The van der Waals surface area contributed by atoms with Crippen LogP contribution in [0.5, 0.6) is 0 Å². The zero-order valence-electron chi connectivity index (χ0n) is 19.8. The number of benzene rings is 1. The van der Waals surface area contributed by atoms with Crippen LogP contribution >= 0.6 is 0 Å². The molecule has 31 heavy (non-hydrogen) atoms. The molecule has 0 aliphatic rings. The quantitative estimate of drug-likeness (QED) is 0.633. The van der Waals surface area contributed by atoms with Gasteiger partial charge < -0.3 is 11.1 Å².